The first-order valence-electron chi connectivity index (χ1n) is 9.00. The molecule has 2 amide bonds. The molecule has 1 atom stereocenters. The first-order valence-corrected chi connectivity index (χ1v) is 9.38. The fraction of sp³-hybridized carbons (Fsp3) is 0.136. The molecule has 0 saturated carbocycles. The molecule has 0 radical (unpaired) electrons. The van der Waals surface area contributed by atoms with Crippen molar-refractivity contribution in [1.82, 2.24) is 4.90 Å². The number of anilines is 1. The van der Waals surface area contributed by atoms with E-state index in [1.54, 1.807) is 43.4 Å². The van der Waals surface area contributed by atoms with E-state index in [1.165, 1.54) is 21.9 Å². The maximum Gasteiger partial charge on any atom is 0.291 e. The van der Waals surface area contributed by atoms with Gasteiger partial charge in [-0.25, -0.2) is 0 Å². The molecule has 2 aliphatic rings. The van der Waals surface area contributed by atoms with Crippen LogP contribution in [-0.4, -0.2) is 30.3 Å². The van der Waals surface area contributed by atoms with Crippen LogP contribution >= 0.6 is 11.6 Å². The highest BCUT2D eigenvalue weighted by Crippen LogP contribution is 2.51. The number of para-hydroxylation sites is 1. The molecule has 144 valence electrons. The Bertz CT molecular complexity index is 1310. The number of halogens is 1. The SMILES string of the molecule is C=CCN1C(=O)c2oc3ccc(Cl)cc3c(=O)c2[C@@]12C(=O)N(C)c1ccccc12. The van der Waals surface area contributed by atoms with Gasteiger partial charge in [0, 0.05) is 29.9 Å². The molecule has 2 aliphatic heterocycles. The molecule has 6 nitrogen and oxygen atoms in total. The zero-order valence-electron chi connectivity index (χ0n) is 15.4. The third kappa shape index (κ3) is 1.99. The van der Waals surface area contributed by atoms with Gasteiger partial charge in [-0.2, -0.15) is 0 Å². The van der Waals surface area contributed by atoms with E-state index < -0.39 is 16.9 Å². The molecule has 2 aromatic carbocycles. The molecule has 0 unspecified atom stereocenters. The third-order valence-electron chi connectivity index (χ3n) is 5.64. The number of amides is 2. The van der Waals surface area contributed by atoms with E-state index >= 15 is 0 Å². The molecular weight excluding hydrogens is 392 g/mol. The second kappa shape index (κ2) is 5.81. The van der Waals surface area contributed by atoms with Crippen LogP contribution in [0.4, 0.5) is 5.69 Å². The van der Waals surface area contributed by atoms with E-state index in [4.69, 9.17) is 16.0 Å². The molecule has 0 N–H and O–H groups in total. The van der Waals surface area contributed by atoms with Crippen LogP contribution in [0.3, 0.4) is 0 Å². The summed E-state index contributed by atoms with van der Waals surface area (Å²) in [6.45, 7) is 3.80. The molecule has 29 heavy (non-hydrogen) atoms. The predicted molar refractivity (Wildman–Crippen MR) is 109 cm³/mol. The number of hydrogen-bond donors (Lipinski definition) is 0. The maximum atomic E-state index is 13.6. The number of hydrogen-bond acceptors (Lipinski definition) is 4. The average molecular weight is 407 g/mol. The van der Waals surface area contributed by atoms with E-state index in [-0.39, 0.29) is 34.7 Å². The van der Waals surface area contributed by atoms with Crippen LogP contribution in [0.1, 0.15) is 21.7 Å². The van der Waals surface area contributed by atoms with Crippen molar-refractivity contribution in [2.45, 2.75) is 5.54 Å². The van der Waals surface area contributed by atoms with Crippen molar-refractivity contribution < 1.29 is 14.0 Å². The quantitative estimate of drug-likeness (QED) is 0.612. The van der Waals surface area contributed by atoms with E-state index in [1.807, 2.05) is 0 Å². The van der Waals surface area contributed by atoms with Gasteiger partial charge in [0.2, 0.25) is 5.76 Å². The van der Waals surface area contributed by atoms with Gasteiger partial charge in [0.05, 0.1) is 10.9 Å². The second-order valence-electron chi connectivity index (χ2n) is 7.07. The van der Waals surface area contributed by atoms with Crippen LogP contribution in [0.15, 0.2) is 64.3 Å². The van der Waals surface area contributed by atoms with Gasteiger partial charge in [0.15, 0.2) is 11.0 Å². The summed E-state index contributed by atoms with van der Waals surface area (Å²) in [7, 11) is 1.63. The van der Waals surface area contributed by atoms with Gasteiger partial charge in [-0.3, -0.25) is 14.4 Å². The van der Waals surface area contributed by atoms with Gasteiger partial charge in [-0.05, 0) is 24.3 Å². The minimum atomic E-state index is -1.59. The first-order chi connectivity index (χ1) is 13.9. The highest BCUT2D eigenvalue weighted by molar-refractivity contribution is 6.31. The van der Waals surface area contributed by atoms with Gasteiger partial charge in [0.1, 0.15) is 5.58 Å². The molecule has 1 spiro atoms. The number of carbonyl (C=O) groups excluding carboxylic acids is 2. The van der Waals surface area contributed by atoms with Gasteiger partial charge in [-0.1, -0.05) is 35.9 Å². The number of nitrogens with zero attached hydrogens (tertiary/aromatic N) is 2. The molecule has 5 rings (SSSR count). The van der Waals surface area contributed by atoms with Crippen LogP contribution in [0.5, 0.6) is 0 Å². The molecule has 0 fully saturated rings. The predicted octanol–water partition coefficient (Wildman–Crippen LogP) is 3.31. The molecule has 3 aromatic rings. The lowest BCUT2D eigenvalue weighted by atomic mass is 9.84. The number of likely N-dealkylation sites (N-methyl/N-ethyl adjacent to an activating group) is 1. The Balaban J connectivity index is 1.98. The van der Waals surface area contributed by atoms with Crippen LogP contribution in [0.2, 0.25) is 5.02 Å². The fourth-order valence-electron chi connectivity index (χ4n) is 4.45. The summed E-state index contributed by atoms with van der Waals surface area (Å²) >= 11 is 6.09. The fourth-order valence-corrected chi connectivity index (χ4v) is 4.62. The van der Waals surface area contributed by atoms with Gasteiger partial charge < -0.3 is 14.2 Å². The van der Waals surface area contributed by atoms with Crippen LogP contribution in [0.25, 0.3) is 11.0 Å². The lowest BCUT2D eigenvalue weighted by Gasteiger charge is -2.33. The minimum Gasteiger partial charge on any atom is -0.450 e. The van der Waals surface area contributed by atoms with Gasteiger partial charge >= 0.3 is 0 Å². The van der Waals surface area contributed by atoms with Crippen molar-refractivity contribution in [2.75, 3.05) is 18.5 Å². The van der Waals surface area contributed by atoms with Crippen LogP contribution < -0.4 is 10.3 Å². The molecule has 0 aliphatic carbocycles. The summed E-state index contributed by atoms with van der Waals surface area (Å²) in [5, 5.41) is 0.588. The Kier molecular flexibility index (Phi) is 3.55. The normalized spacial score (nSPS) is 19.9. The summed E-state index contributed by atoms with van der Waals surface area (Å²) in [5.74, 6) is -1.03. The molecule has 3 heterocycles. The van der Waals surface area contributed by atoms with Crippen molar-refractivity contribution in [3.8, 4) is 0 Å². The molecule has 7 heteroatoms. The van der Waals surface area contributed by atoms with Crippen molar-refractivity contribution in [1.29, 1.82) is 0 Å². The highest BCUT2D eigenvalue weighted by Gasteiger charge is 2.64. The summed E-state index contributed by atoms with van der Waals surface area (Å²) in [4.78, 5) is 43.4. The summed E-state index contributed by atoms with van der Waals surface area (Å²) in [6, 6.07) is 11.8. The molecule has 0 saturated heterocycles. The van der Waals surface area contributed by atoms with Crippen molar-refractivity contribution in [3.63, 3.8) is 0 Å². The molecule has 1 aromatic heterocycles. The summed E-state index contributed by atoms with van der Waals surface area (Å²) < 4.78 is 5.86. The Morgan fingerprint density at radius 1 is 1.17 bits per heavy atom. The largest absolute Gasteiger partial charge is 0.450 e. The Morgan fingerprint density at radius 2 is 1.93 bits per heavy atom. The molecule has 0 bridgehead atoms. The second-order valence-corrected chi connectivity index (χ2v) is 7.51. The topological polar surface area (TPSA) is 70.8 Å². The maximum absolute atomic E-state index is 13.6. The number of benzene rings is 2. The minimum absolute atomic E-state index is 0.0286. The average Bonchev–Trinajstić information content (AvgIpc) is 3.09. The monoisotopic (exact) mass is 406 g/mol. The standard InChI is InChI=1S/C22H15ClN2O4/c1-3-10-25-20(27)19-17(18(26)13-11-12(23)8-9-16(13)29-19)22(25)14-6-4-5-7-15(14)24(2)21(22)28/h3-9,11H,1,10H2,2H3/t22-/m0/s1. The van der Waals surface area contributed by atoms with E-state index in [9.17, 15) is 14.4 Å². The van der Waals surface area contributed by atoms with E-state index in [0.29, 0.717) is 16.3 Å². The lowest BCUT2D eigenvalue weighted by molar-refractivity contribution is -0.125. The first kappa shape index (κ1) is 17.7. The van der Waals surface area contributed by atoms with E-state index in [2.05, 4.69) is 6.58 Å². The smallest absolute Gasteiger partial charge is 0.291 e. The lowest BCUT2D eigenvalue weighted by Crippen LogP contribution is -2.52. The number of rotatable bonds is 2. The zero-order valence-corrected chi connectivity index (χ0v) is 16.2. The third-order valence-corrected chi connectivity index (χ3v) is 5.87. The Labute approximate surface area is 170 Å². The number of fused-ring (bicyclic) bond motifs is 5. The molecular formula is C22H15ClN2O4. The Morgan fingerprint density at radius 3 is 2.69 bits per heavy atom. The van der Waals surface area contributed by atoms with Gasteiger partial charge in [0.25, 0.3) is 11.8 Å². The summed E-state index contributed by atoms with van der Waals surface area (Å²) in [5.41, 5.74) is -0.562. The highest BCUT2D eigenvalue weighted by atomic mass is 35.5. The zero-order chi connectivity index (χ0) is 20.5. The van der Waals surface area contributed by atoms with Crippen molar-refractivity contribution in [3.05, 3.63) is 87.3 Å². The number of carbonyl (C=O) groups is 2. The van der Waals surface area contributed by atoms with Crippen molar-refractivity contribution >= 4 is 40.1 Å². The Hall–Kier alpha value is -3.38. The van der Waals surface area contributed by atoms with Crippen LogP contribution in [-0.2, 0) is 10.3 Å². The van der Waals surface area contributed by atoms with Gasteiger partial charge in [-0.15, -0.1) is 6.58 Å². The van der Waals surface area contributed by atoms with Crippen LogP contribution in [0, 0.1) is 0 Å². The van der Waals surface area contributed by atoms with Crippen molar-refractivity contribution in [2.24, 2.45) is 0 Å². The van der Waals surface area contributed by atoms with E-state index in [0.717, 1.165) is 0 Å². The summed E-state index contributed by atoms with van der Waals surface area (Å²) in [6.07, 6.45) is 1.53.